The number of benzene rings is 2. The monoisotopic (exact) mass is 353 g/mol. The molecule has 6 nitrogen and oxygen atoms in total. The van der Waals surface area contributed by atoms with Crippen LogP contribution < -0.4 is 11.1 Å². The fourth-order valence-corrected chi connectivity index (χ4v) is 2.74. The summed E-state index contributed by atoms with van der Waals surface area (Å²) in [5.74, 6) is 0.202. The van der Waals surface area contributed by atoms with Crippen molar-refractivity contribution in [3.05, 3.63) is 71.8 Å². The van der Waals surface area contributed by atoms with E-state index in [-0.39, 0.29) is 24.3 Å². The number of carbonyl (C=O) groups is 1. The lowest BCUT2D eigenvalue weighted by Gasteiger charge is -2.17. The van der Waals surface area contributed by atoms with Crippen molar-refractivity contribution in [3.63, 3.8) is 0 Å². The SMILES string of the molecule is Cn1ncnc1-c1ccc(C(=O)N[C@@H](CN)Cc2cccc(F)c2)cc1. The molecule has 2 aromatic carbocycles. The third kappa shape index (κ3) is 4.12. The Kier molecular flexibility index (Phi) is 5.38. The van der Waals surface area contributed by atoms with Crippen LogP contribution in [0.4, 0.5) is 4.39 Å². The van der Waals surface area contributed by atoms with Crippen molar-refractivity contribution in [3.8, 4) is 11.4 Å². The molecule has 3 N–H and O–H groups in total. The second-order valence-corrected chi connectivity index (χ2v) is 6.02. The number of nitrogens with zero attached hydrogens (tertiary/aromatic N) is 3. The molecule has 0 aliphatic rings. The standard InChI is InChI=1S/C19H20FN5O/c1-25-18(22-12-23-25)14-5-7-15(8-6-14)19(26)24-17(11-21)10-13-3-2-4-16(20)9-13/h2-9,12,17H,10-11,21H2,1H3,(H,24,26)/t17-/m1/s1. The molecule has 0 bridgehead atoms. The number of nitrogens with one attached hydrogen (secondary N) is 1. The van der Waals surface area contributed by atoms with E-state index in [4.69, 9.17) is 5.73 Å². The van der Waals surface area contributed by atoms with Crippen LogP contribution in [0.3, 0.4) is 0 Å². The minimum Gasteiger partial charge on any atom is -0.348 e. The predicted molar refractivity (Wildman–Crippen MR) is 96.9 cm³/mol. The van der Waals surface area contributed by atoms with Gasteiger partial charge in [0.1, 0.15) is 12.1 Å². The van der Waals surface area contributed by atoms with Crippen molar-refractivity contribution in [2.45, 2.75) is 12.5 Å². The minimum absolute atomic E-state index is 0.221. The molecule has 1 amide bonds. The zero-order chi connectivity index (χ0) is 18.5. The Morgan fingerprint density at radius 3 is 2.65 bits per heavy atom. The first-order chi connectivity index (χ1) is 12.6. The Bertz CT molecular complexity index is 891. The number of carbonyl (C=O) groups excluding carboxylic acids is 1. The fourth-order valence-electron chi connectivity index (χ4n) is 2.74. The molecule has 1 aromatic heterocycles. The minimum atomic E-state index is -0.302. The van der Waals surface area contributed by atoms with Crippen LogP contribution >= 0.6 is 0 Å². The quantitative estimate of drug-likeness (QED) is 0.709. The molecule has 3 rings (SSSR count). The van der Waals surface area contributed by atoms with E-state index in [2.05, 4.69) is 15.4 Å². The Balaban J connectivity index is 1.67. The Morgan fingerprint density at radius 2 is 2.04 bits per heavy atom. The molecule has 0 unspecified atom stereocenters. The number of aromatic nitrogens is 3. The normalized spacial score (nSPS) is 12.0. The van der Waals surface area contributed by atoms with Crippen LogP contribution in [0.2, 0.25) is 0 Å². The number of rotatable bonds is 6. The van der Waals surface area contributed by atoms with Crippen molar-refractivity contribution in [1.29, 1.82) is 0 Å². The number of hydrogen-bond donors (Lipinski definition) is 2. The second-order valence-electron chi connectivity index (χ2n) is 6.02. The lowest BCUT2D eigenvalue weighted by Crippen LogP contribution is -2.41. The highest BCUT2D eigenvalue weighted by Crippen LogP contribution is 2.16. The smallest absolute Gasteiger partial charge is 0.251 e. The van der Waals surface area contributed by atoms with Crippen LogP contribution in [0, 0.1) is 5.82 Å². The van der Waals surface area contributed by atoms with Gasteiger partial charge in [-0.15, -0.1) is 0 Å². The van der Waals surface area contributed by atoms with Crippen LogP contribution in [0.25, 0.3) is 11.4 Å². The molecule has 0 saturated heterocycles. The summed E-state index contributed by atoms with van der Waals surface area (Å²) in [7, 11) is 1.81. The largest absolute Gasteiger partial charge is 0.348 e. The maximum atomic E-state index is 13.3. The van der Waals surface area contributed by atoms with Crippen molar-refractivity contribution in [2.24, 2.45) is 12.8 Å². The molecule has 0 aliphatic heterocycles. The molecular weight excluding hydrogens is 333 g/mol. The molecule has 0 radical (unpaired) electrons. The molecular formula is C19H20FN5O. The van der Waals surface area contributed by atoms with E-state index in [0.29, 0.717) is 12.0 Å². The summed E-state index contributed by atoms with van der Waals surface area (Å²) in [5.41, 5.74) is 7.95. The van der Waals surface area contributed by atoms with E-state index < -0.39 is 0 Å². The number of nitrogens with two attached hydrogens (primary N) is 1. The van der Waals surface area contributed by atoms with Crippen molar-refractivity contribution < 1.29 is 9.18 Å². The maximum absolute atomic E-state index is 13.3. The van der Waals surface area contributed by atoms with E-state index in [9.17, 15) is 9.18 Å². The first kappa shape index (κ1) is 17.8. The van der Waals surface area contributed by atoms with Gasteiger partial charge in [0.25, 0.3) is 5.91 Å². The topological polar surface area (TPSA) is 85.8 Å². The summed E-state index contributed by atoms with van der Waals surface area (Å²) in [6.45, 7) is 0.263. The maximum Gasteiger partial charge on any atom is 0.251 e. The zero-order valence-corrected chi connectivity index (χ0v) is 14.4. The number of halogens is 1. The lowest BCUT2D eigenvalue weighted by molar-refractivity contribution is 0.0938. The zero-order valence-electron chi connectivity index (χ0n) is 14.4. The van der Waals surface area contributed by atoms with Gasteiger partial charge >= 0.3 is 0 Å². The Hall–Kier alpha value is -3.06. The molecule has 0 spiro atoms. The second kappa shape index (κ2) is 7.88. The Labute approximate surface area is 150 Å². The van der Waals surface area contributed by atoms with E-state index in [1.165, 1.54) is 18.5 Å². The van der Waals surface area contributed by atoms with Gasteiger partial charge in [-0.25, -0.2) is 14.1 Å². The average Bonchev–Trinajstić information content (AvgIpc) is 3.07. The van der Waals surface area contributed by atoms with Gasteiger partial charge in [-0.3, -0.25) is 4.79 Å². The van der Waals surface area contributed by atoms with Gasteiger partial charge in [-0.05, 0) is 36.2 Å². The van der Waals surface area contributed by atoms with Crippen LogP contribution in [-0.4, -0.2) is 33.3 Å². The van der Waals surface area contributed by atoms with Crippen LogP contribution in [-0.2, 0) is 13.5 Å². The van der Waals surface area contributed by atoms with Crippen LogP contribution in [0.1, 0.15) is 15.9 Å². The van der Waals surface area contributed by atoms with Gasteiger partial charge in [0, 0.05) is 30.8 Å². The van der Waals surface area contributed by atoms with Gasteiger partial charge in [0.05, 0.1) is 0 Å². The summed E-state index contributed by atoms with van der Waals surface area (Å²) in [5, 5.41) is 6.93. The third-order valence-electron chi connectivity index (χ3n) is 4.11. The number of hydrogen-bond acceptors (Lipinski definition) is 4. The summed E-state index contributed by atoms with van der Waals surface area (Å²) >= 11 is 0. The molecule has 1 atom stereocenters. The molecule has 0 aliphatic carbocycles. The average molecular weight is 353 g/mol. The molecule has 26 heavy (non-hydrogen) atoms. The highest BCUT2D eigenvalue weighted by molar-refractivity contribution is 5.94. The molecule has 1 heterocycles. The molecule has 134 valence electrons. The van der Waals surface area contributed by atoms with Gasteiger partial charge in [-0.2, -0.15) is 5.10 Å². The van der Waals surface area contributed by atoms with Crippen LogP contribution in [0.5, 0.6) is 0 Å². The first-order valence-corrected chi connectivity index (χ1v) is 8.26. The van der Waals surface area contributed by atoms with Crippen molar-refractivity contribution in [2.75, 3.05) is 6.54 Å². The van der Waals surface area contributed by atoms with E-state index in [1.54, 1.807) is 29.9 Å². The number of aryl methyl sites for hydroxylation is 1. The van der Waals surface area contributed by atoms with Gasteiger partial charge in [0.15, 0.2) is 5.82 Å². The third-order valence-corrected chi connectivity index (χ3v) is 4.11. The summed E-state index contributed by atoms with van der Waals surface area (Å²) in [6, 6.07) is 13.1. The van der Waals surface area contributed by atoms with Crippen molar-refractivity contribution >= 4 is 5.91 Å². The highest BCUT2D eigenvalue weighted by Gasteiger charge is 2.14. The highest BCUT2D eigenvalue weighted by atomic mass is 19.1. The van der Waals surface area contributed by atoms with Gasteiger partial charge in [-0.1, -0.05) is 24.3 Å². The summed E-state index contributed by atoms with van der Waals surface area (Å²) < 4.78 is 15.0. The Morgan fingerprint density at radius 1 is 1.27 bits per heavy atom. The van der Waals surface area contributed by atoms with Gasteiger partial charge in [0.2, 0.25) is 0 Å². The summed E-state index contributed by atoms with van der Waals surface area (Å²) in [4.78, 5) is 16.6. The molecule has 3 aromatic rings. The predicted octanol–water partition coefficient (Wildman–Crippen LogP) is 1.92. The van der Waals surface area contributed by atoms with Crippen LogP contribution in [0.15, 0.2) is 54.9 Å². The molecule has 7 heteroatoms. The first-order valence-electron chi connectivity index (χ1n) is 8.26. The van der Waals surface area contributed by atoms with Gasteiger partial charge < -0.3 is 11.1 Å². The number of amides is 1. The molecule has 0 saturated carbocycles. The van der Waals surface area contributed by atoms with Crippen molar-refractivity contribution in [1.82, 2.24) is 20.1 Å². The molecule has 0 fully saturated rings. The summed E-state index contributed by atoms with van der Waals surface area (Å²) in [6.07, 6.45) is 1.95. The van der Waals surface area contributed by atoms with E-state index in [0.717, 1.165) is 17.0 Å². The van der Waals surface area contributed by atoms with E-state index in [1.807, 2.05) is 18.2 Å². The fraction of sp³-hybridized carbons (Fsp3) is 0.211. The van der Waals surface area contributed by atoms with E-state index >= 15 is 0 Å². The lowest BCUT2D eigenvalue weighted by atomic mass is 10.0.